The normalized spacial score (nSPS) is 18.1. The van der Waals surface area contributed by atoms with Gasteiger partial charge in [-0.2, -0.15) is 0 Å². The molecule has 5 nitrogen and oxygen atoms in total. The molecular weight excluding hydrogens is 278 g/mol. The Morgan fingerprint density at radius 2 is 2.20 bits per heavy atom. The average molecular weight is 302 g/mol. The number of oxime groups is 1. The van der Waals surface area contributed by atoms with Gasteiger partial charge in [0.2, 0.25) is 0 Å². The second kappa shape index (κ2) is 8.27. The Bertz CT molecular complexity index is 428. The van der Waals surface area contributed by atoms with E-state index in [2.05, 4.69) is 12.1 Å². The molecule has 1 aliphatic rings. The van der Waals surface area contributed by atoms with Crippen LogP contribution < -0.4 is 17.0 Å². The molecule has 0 bridgehead atoms. The van der Waals surface area contributed by atoms with Gasteiger partial charge in [0.1, 0.15) is 12.4 Å². The fourth-order valence-corrected chi connectivity index (χ4v) is 2.80. The van der Waals surface area contributed by atoms with Crippen LogP contribution in [0.3, 0.4) is 0 Å². The first kappa shape index (κ1) is 17.0. The van der Waals surface area contributed by atoms with Crippen molar-refractivity contribution in [3.63, 3.8) is 0 Å². The molecule has 114 valence electrons. The molecule has 1 unspecified atom stereocenters. The number of nitrogens with zero attached hydrogens (tertiary/aromatic N) is 3. The lowest BCUT2D eigenvalue weighted by Gasteiger charge is -2.27. The average Bonchev–Trinajstić information content (AvgIpc) is 2.79. The summed E-state index contributed by atoms with van der Waals surface area (Å²) < 4.78 is 9.81. The topological polar surface area (TPSA) is 50.6 Å². The van der Waals surface area contributed by atoms with Gasteiger partial charge in [-0.1, -0.05) is 24.4 Å². The zero-order valence-electron chi connectivity index (χ0n) is 12.2. The number of hydrogen-bond donors (Lipinski definition) is 1. The van der Waals surface area contributed by atoms with Crippen LogP contribution in [0, 0.1) is 5.92 Å². The summed E-state index contributed by atoms with van der Waals surface area (Å²) in [7, 11) is 1.91. The number of rotatable bonds is 5. The molecule has 0 aliphatic heterocycles. The van der Waals surface area contributed by atoms with Crippen LogP contribution in [0.5, 0.6) is 0 Å². The molecule has 1 atom stereocenters. The first-order valence-corrected chi connectivity index (χ1v) is 7.06. The van der Waals surface area contributed by atoms with Crippen LogP contribution in [-0.4, -0.2) is 22.1 Å². The van der Waals surface area contributed by atoms with Crippen molar-refractivity contribution in [2.45, 2.75) is 51.9 Å². The quantitative estimate of drug-likeness (QED) is 0.331. The highest BCUT2D eigenvalue weighted by Crippen LogP contribution is 2.27. The Balaban J connectivity index is 0.00000200. The molecule has 1 aromatic rings. The molecule has 0 saturated heterocycles. The van der Waals surface area contributed by atoms with Crippen molar-refractivity contribution in [3.05, 3.63) is 18.2 Å². The third-order valence-electron chi connectivity index (χ3n) is 4.09. The first-order chi connectivity index (χ1) is 9.22. The molecular formula is C14H24ClN3O2. The van der Waals surface area contributed by atoms with Gasteiger partial charge in [-0.25, -0.2) is 9.13 Å². The lowest BCUT2D eigenvalue weighted by atomic mass is 9.86. The fraction of sp³-hybridized carbons (Fsp3) is 0.714. The number of hydrogen-bond acceptors (Lipinski definition) is 3. The van der Waals surface area contributed by atoms with Gasteiger partial charge in [0, 0.05) is 0 Å². The highest BCUT2D eigenvalue weighted by atomic mass is 35.5. The lowest BCUT2D eigenvalue weighted by molar-refractivity contribution is -0.672. The van der Waals surface area contributed by atoms with E-state index in [1.165, 1.54) is 38.3 Å². The summed E-state index contributed by atoms with van der Waals surface area (Å²) in [6, 6.07) is 0. The highest BCUT2D eigenvalue weighted by molar-refractivity contribution is 5.72. The van der Waals surface area contributed by atoms with Crippen molar-refractivity contribution >= 4 is 6.21 Å². The van der Waals surface area contributed by atoms with Gasteiger partial charge in [-0.3, -0.25) is 0 Å². The van der Waals surface area contributed by atoms with Crippen LogP contribution in [-0.2, 0) is 18.5 Å². The van der Waals surface area contributed by atoms with Gasteiger partial charge in [-0.15, -0.1) is 0 Å². The number of halogens is 1. The highest BCUT2D eigenvalue weighted by Gasteiger charge is 2.22. The van der Waals surface area contributed by atoms with E-state index >= 15 is 0 Å². The second-order valence-corrected chi connectivity index (χ2v) is 5.38. The fourth-order valence-electron chi connectivity index (χ4n) is 2.80. The van der Waals surface area contributed by atoms with E-state index < -0.39 is 0 Å². The van der Waals surface area contributed by atoms with Crippen molar-refractivity contribution in [2.75, 3.05) is 0 Å². The summed E-state index contributed by atoms with van der Waals surface area (Å²) in [5.41, 5.74) is 0. The molecule has 0 spiro atoms. The molecule has 0 radical (unpaired) electrons. The van der Waals surface area contributed by atoms with E-state index in [1.54, 1.807) is 0 Å². The maximum absolute atomic E-state index is 8.67. The lowest BCUT2D eigenvalue weighted by Crippen LogP contribution is -3.00. The van der Waals surface area contributed by atoms with E-state index in [9.17, 15) is 0 Å². The van der Waals surface area contributed by atoms with Crippen LogP contribution in [0.25, 0.3) is 0 Å². The van der Waals surface area contributed by atoms with E-state index in [0.717, 1.165) is 5.82 Å². The molecule has 1 N–H and O–H groups in total. The SMILES string of the molecule is CC(OCn1cc[n+](C)c1/C=N/O)C1CCCCC1.[Cl-]. The molecule has 1 saturated carbocycles. The summed E-state index contributed by atoms with van der Waals surface area (Å²) in [5.74, 6) is 1.51. The minimum atomic E-state index is 0. The van der Waals surface area contributed by atoms with Crippen molar-refractivity contribution in [3.8, 4) is 0 Å². The van der Waals surface area contributed by atoms with Crippen molar-refractivity contribution in [1.29, 1.82) is 0 Å². The Hall–Kier alpha value is -1.07. The third-order valence-corrected chi connectivity index (χ3v) is 4.09. The van der Waals surface area contributed by atoms with Crippen LogP contribution in [0.15, 0.2) is 17.5 Å². The Kier molecular flexibility index (Phi) is 7.02. The summed E-state index contributed by atoms with van der Waals surface area (Å²) in [4.78, 5) is 0. The largest absolute Gasteiger partial charge is 1.00 e. The number of imidazole rings is 1. The van der Waals surface area contributed by atoms with Gasteiger partial charge in [-0.05, 0) is 25.7 Å². The Labute approximate surface area is 126 Å². The number of ether oxygens (including phenoxy) is 1. The summed E-state index contributed by atoms with van der Waals surface area (Å²) in [6.45, 7) is 2.67. The molecule has 2 rings (SSSR count). The predicted molar refractivity (Wildman–Crippen MR) is 72.1 cm³/mol. The van der Waals surface area contributed by atoms with Gasteiger partial charge in [0.25, 0.3) is 0 Å². The predicted octanol–water partition coefficient (Wildman–Crippen LogP) is -0.932. The second-order valence-electron chi connectivity index (χ2n) is 5.38. The van der Waals surface area contributed by atoms with E-state index in [-0.39, 0.29) is 18.5 Å². The van der Waals surface area contributed by atoms with Gasteiger partial charge < -0.3 is 22.4 Å². The summed E-state index contributed by atoms with van der Waals surface area (Å²) in [5, 5.41) is 11.8. The van der Waals surface area contributed by atoms with E-state index in [0.29, 0.717) is 12.6 Å². The first-order valence-electron chi connectivity index (χ1n) is 7.06. The number of aryl methyl sites for hydroxylation is 1. The minimum Gasteiger partial charge on any atom is -1.00 e. The van der Waals surface area contributed by atoms with Gasteiger partial charge in [0.15, 0.2) is 12.9 Å². The molecule has 0 aromatic carbocycles. The molecule has 6 heteroatoms. The van der Waals surface area contributed by atoms with E-state index in [1.807, 2.05) is 28.6 Å². The van der Waals surface area contributed by atoms with Crippen LogP contribution in [0.4, 0.5) is 0 Å². The van der Waals surface area contributed by atoms with Crippen molar-refractivity contribution in [2.24, 2.45) is 18.1 Å². The molecule has 1 fully saturated rings. The standard InChI is InChI=1S/C14H23N3O2.ClH/c1-12(13-6-4-3-5-7-13)19-11-17-9-8-16(2)14(17)10-15-18;/h8-10,12-13H,3-7,11H2,1-2H3;1H. The van der Waals surface area contributed by atoms with Crippen LogP contribution in [0.1, 0.15) is 44.9 Å². The van der Waals surface area contributed by atoms with Crippen molar-refractivity contribution < 1.29 is 26.9 Å². The molecule has 1 aliphatic carbocycles. The maximum Gasteiger partial charge on any atom is 0.305 e. The molecule has 1 aromatic heterocycles. The Morgan fingerprint density at radius 3 is 2.85 bits per heavy atom. The van der Waals surface area contributed by atoms with Crippen LogP contribution >= 0.6 is 0 Å². The zero-order valence-corrected chi connectivity index (χ0v) is 13.0. The summed E-state index contributed by atoms with van der Waals surface area (Å²) in [6.07, 6.45) is 12.2. The van der Waals surface area contributed by atoms with Crippen molar-refractivity contribution in [1.82, 2.24) is 4.57 Å². The van der Waals surface area contributed by atoms with Gasteiger partial charge >= 0.3 is 5.82 Å². The van der Waals surface area contributed by atoms with E-state index in [4.69, 9.17) is 9.94 Å². The third kappa shape index (κ3) is 4.21. The monoisotopic (exact) mass is 301 g/mol. The zero-order chi connectivity index (χ0) is 13.7. The van der Waals surface area contributed by atoms with Crippen LogP contribution in [0.2, 0.25) is 0 Å². The minimum absolute atomic E-state index is 0. The Morgan fingerprint density at radius 1 is 1.50 bits per heavy atom. The molecule has 0 amide bonds. The number of aromatic nitrogens is 2. The van der Waals surface area contributed by atoms with Gasteiger partial charge in [0.05, 0.1) is 13.2 Å². The molecule has 1 heterocycles. The maximum atomic E-state index is 8.67. The smallest absolute Gasteiger partial charge is 0.305 e. The molecule has 20 heavy (non-hydrogen) atoms. The summed E-state index contributed by atoms with van der Waals surface area (Å²) >= 11 is 0.